The van der Waals surface area contributed by atoms with Gasteiger partial charge in [0.2, 0.25) is 0 Å². The molecule has 1 N–H and O–H groups in total. The highest BCUT2D eigenvalue weighted by Gasteiger charge is 2.46. The number of ether oxygens (including phenoxy) is 1. The molecule has 1 fully saturated rings. The van der Waals surface area contributed by atoms with E-state index in [0.29, 0.717) is 29.0 Å². The van der Waals surface area contributed by atoms with Gasteiger partial charge in [-0.3, -0.25) is 24.7 Å². The summed E-state index contributed by atoms with van der Waals surface area (Å²) in [5.74, 6) is -1.32. The Morgan fingerprint density at radius 2 is 1.83 bits per heavy atom. The predicted molar refractivity (Wildman–Crippen MR) is 127 cm³/mol. The van der Waals surface area contributed by atoms with Gasteiger partial charge in [-0.25, -0.2) is 0 Å². The molecular weight excluding hydrogens is 450 g/mol. The fourth-order valence-corrected chi connectivity index (χ4v) is 3.94. The van der Waals surface area contributed by atoms with Crippen LogP contribution in [0.2, 0.25) is 0 Å². The van der Waals surface area contributed by atoms with Crippen LogP contribution < -0.4 is 4.74 Å². The molecule has 2 heterocycles. The number of aliphatic hydroxyl groups excluding tert-OH is 1. The number of nitrogens with zero attached hydrogens (tertiary/aromatic N) is 3. The van der Waals surface area contributed by atoms with E-state index in [0.717, 1.165) is 6.42 Å². The van der Waals surface area contributed by atoms with E-state index in [4.69, 9.17) is 4.74 Å². The first-order valence-corrected chi connectivity index (χ1v) is 11.1. The maximum absolute atomic E-state index is 13.1. The van der Waals surface area contributed by atoms with Crippen LogP contribution in [0.15, 0.2) is 78.6 Å². The van der Waals surface area contributed by atoms with Crippen molar-refractivity contribution in [2.45, 2.75) is 25.9 Å². The molecule has 9 heteroatoms. The molecule has 178 valence electrons. The molecule has 1 aliphatic rings. The minimum absolute atomic E-state index is 0.0701. The SMILES string of the molecule is CCCOc1ccc(/C(O)=C2\C(=O)C(=O)N(Cc3cccnc3)C2c2ccc([N+](=O)[O-])cc2)cc1. The Morgan fingerprint density at radius 3 is 2.43 bits per heavy atom. The topological polar surface area (TPSA) is 123 Å². The third-order valence-electron chi connectivity index (χ3n) is 5.64. The standard InChI is InChI=1S/C26H23N3O6/c1-2-14-35-21-11-7-19(8-12-21)24(30)22-23(18-5-9-20(10-6-18)29(33)34)28(26(32)25(22)31)16-17-4-3-13-27-15-17/h3-13,15,23,30H,2,14,16H2,1H3/b24-22+. The highest BCUT2D eigenvalue weighted by atomic mass is 16.6. The number of hydrogen-bond donors (Lipinski definition) is 1. The first-order valence-electron chi connectivity index (χ1n) is 11.1. The summed E-state index contributed by atoms with van der Waals surface area (Å²) < 4.78 is 5.57. The Hall–Kier alpha value is -4.53. The van der Waals surface area contributed by atoms with Crippen LogP contribution in [0.25, 0.3) is 5.76 Å². The zero-order valence-corrected chi connectivity index (χ0v) is 19.0. The number of aromatic nitrogens is 1. The van der Waals surface area contributed by atoms with Gasteiger partial charge in [0.1, 0.15) is 11.5 Å². The molecule has 1 amide bonds. The smallest absolute Gasteiger partial charge is 0.295 e. The number of nitro benzene ring substituents is 1. The molecule has 0 spiro atoms. The number of nitro groups is 1. The van der Waals surface area contributed by atoms with E-state index in [1.807, 2.05) is 6.92 Å². The molecule has 1 atom stereocenters. The van der Waals surface area contributed by atoms with Crippen LogP contribution in [0.5, 0.6) is 5.75 Å². The number of carbonyl (C=O) groups excluding carboxylic acids is 2. The lowest BCUT2D eigenvalue weighted by Crippen LogP contribution is -2.29. The molecule has 1 unspecified atom stereocenters. The summed E-state index contributed by atoms with van der Waals surface area (Å²) in [6, 6.07) is 14.7. The molecule has 1 aromatic heterocycles. The largest absolute Gasteiger partial charge is 0.507 e. The van der Waals surface area contributed by atoms with E-state index in [-0.39, 0.29) is 23.6 Å². The van der Waals surface area contributed by atoms with Crippen molar-refractivity contribution in [1.29, 1.82) is 0 Å². The highest BCUT2D eigenvalue weighted by Crippen LogP contribution is 2.40. The number of non-ortho nitro benzene ring substituents is 1. The molecule has 4 rings (SSSR count). The Labute approximate surface area is 201 Å². The van der Waals surface area contributed by atoms with Gasteiger partial charge in [0.15, 0.2) is 0 Å². The summed E-state index contributed by atoms with van der Waals surface area (Å²) in [4.78, 5) is 42.2. The summed E-state index contributed by atoms with van der Waals surface area (Å²) in [5.41, 5.74) is 1.29. The van der Waals surface area contributed by atoms with Gasteiger partial charge in [0, 0.05) is 36.6 Å². The normalized spacial score (nSPS) is 16.9. The molecule has 1 saturated heterocycles. The van der Waals surface area contributed by atoms with Crippen LogP contribution in [0.4, 0.5) is 5.69 Å². The molecule has 2 aromatic carbocycles. The van der Waals surface area contributed by atoms with E-state index in [2.05, 4.69) is 4.98 Å². The van der Waals surface area contributed by atoms with Crippen LogP contribution >= 0.6 is 0 Å². The number of hydrogen-bond acceptors (Lipinski definition) is 7. The Morgan fingerprint density at radius 1 is 1.11 bits per heavy atom. The van der Waals surface area contributed by atoms with Crippen LogP contribution in [0, 0.1) is 10.1 Å². The summed E-state index contributed by atoms with van der Waals surface area (Å²) in [6.07, 6.45) is 4.03. The predicted octanol–water partition coefficient (Wildman–Crippen LogP) is 4.40. The van der Waals surface area contributed by atoms with Crippen molar-refractivity contribution in [2.24, 2.45) is 0 Å². The molecule has 35 heavy (non-hydrogen) atoms. The number of Topliss-reactive ketones (excluding diaryl/α,β-unsaturated/α-hetero) is 1. The summed E-state index contributed by atoms with van der Waals surface area (Å²) >= 11 is 0. The minimum atomic E-state index is -0.938. The third-order valence-corrected chi connectivity index (χ3v) is 5.64. The van der Waals surface area contributed by atoms with Crippen molar-refractivity contribution < 1.29 is 24.4 Å². The van der Waals surface area contributed by atoms with Gasteiger partial charge < -0.3 is 14.7 Å². The fourth-order valence-electron chi connectivity index (χ4n) is 3.94. The number of aliphatic hydroxyl groups is 1. The van der Waals surface area contributed by atoms with Gasteiger partial charge in [-0.1, -0.05) is 13.0 Å². The van der Waals surface area contributed by atoms with Crippen LogP contribution in [0.3, 0.4) is 0 Å². The molecule has 0 radical (unpaired) electrons. The lowest BCUT2D eigenvalue weighted by atomic mass is 9.95. The second kappa shape index (κ2) is 10.2. The third kappa shape index (κ3) is 4.89. The zero-order chi connectivity index (χ0) is 24.9. The molecule has 0 bridgehead atoms. The number of carbonyl (C=O) groups is 2. The maximum atomic E-state index is 13.1. The van der Waals surface area contributed by atoms with E-state index in [9.17, 15) is 24.8 Å². The summed E-state index contributed by atoms with van der Waals surface area (Å²) in [5, 5.41) is 22.3. The first-order chi connectivity index (χ1) is 16.9. The summed E-state index contributed by atoms with van der Waals surface area (Å²) in [7, 11) is 0. The molecule has 0 saturated carbocycles. The van der Waals surface area contributed by atoms with E-state index in [1.165, 1.54) is 29.2 Å². The number of amides is 1. The molecular formula is C26H23N3O6. The van der Waals surface area contributed by atoms with Gasteiger partial charge in [-0.15, -0.1) is 0 Å². The maximum Gasteiger partial charge on any atom is 0.295 e. The minimum Gasteiger partial charge on any atom is -0.507 e. The number of rotatable bonds is 8. The van der Waals surface area contributed by atoms with Crippen molar-refractivity contribution in [3.05, 3.63) is 105 Å². The van der Waals surface area contributed by atoms with Crippen molar-refractivity contribution in [2.75, 3.05) is 6.61 Å². The Balaban J connectivity index is 1.79. The lowest BCUT2D eigenvalue weighted by Gasteiger charge is -2.25. The van der Waals surface area contributed by atoms with Gasteiger partial charge >= 0.3 is 0 Å². The first kappa shape index (κ1) is 23.6. The number of ketones is 1. The van der Waals surface area contributed by atoms with Crippen LogP contribution in [-0.2, 0) is 16.1 Å². The van der Waals surface area contributed by atoms with Gasteiger partial charge in [0.25, 0.3) is 17.4 Å². The molecule has 3 aromatic rings. The van der Waals surface area contributed by atoms with Gasteiger partial charge in [0.05, 0.1) is 23.1 Å². The van der Waals surface area contributed by atoms with E-state index < -0.39 is 22.7 Å². The number of pyridine rings is 1. The van der Waals surface area contributed by atoms with E-state index in [1.54, 1.807) is 48.8 Å². The van der Waals surface area contributed by atoms with Crippen LogP contribution in [0.1, 0.15) is 36.1 Å². The van der Waals surface area contributed by atoms with Crippen molar-refractivity contribution in [3.63, 3.8) is 0 Å². The Kier molecular flexibility index (Phi) is 6.86. The van der Waals surface area contributed by atoms with Crippen molar-refractivity contribution in [1.82, 2.24) is 9.88 Å². The quantitative estimate of drug-likeness (QED) is 0.169. The fraction of sp³-hybridized carbons (Fsp3) is 0.192. The summed E-state index contributed by atoms with van der Waals surface area (Å²) in [6.45, 7) is 2.61. The number of benzene rings is 2. The second-order valence-corrected chi connectivity index (χ2v) is 8.01. The Bertz CT molecular complexity index is 1270. The van der Waals surface area contributed by atoms with Crippen molar-refractivity contribution in [3.8, 4) is 5.75 Å². The highest BCUT2D eigenvalue weighted by molar-refractivity contribution is 6.46. The average Bonchev–Trinajstić information content (AvgIpc) is 3.13. The molecule has 9 nitrogen and oxygen atoms in total. The van der Waals surface area contributed by atoms with Crippen molar-refractivity contribution >= 4 is 23.1 Å². The van der Waals surface area contributed by atoms with E-state index >= 15 is 0 Å². The average molecular weight is 473 g/mol. The van der Waals surface area contributed by atoms with Crippen LogP contribution in [-0.4, -0.2) is 38.2 Å². The monoisotopic (exact) mass is 473 g/mol. The zero-order valence-electron chi connectivity index (χ0n) is 19.0. The lowest BCUT2D eigenvalue weighted by molar-refractivity contribution is -0.384. The number of likely N-dealkylation sites (tertiary alicyclic amines) is 1. The van der Waals surface area contributed by atoms with Gasteiger partial charge in [-0.05, 0) is 60.0 Å². The van der Waals surface area contributed by atoms with Gasteiger partial charge in [-0.2, -0.15) is 0 Å². The molecule has 1 aliphatic heterocycles. The molecule has 0 aliphatic carbocycles. The second-order valence-electron chi connectivity index (χ2n) is 8.01.